The van der Waals surface area contributed by atoms with E-state index in [0.29, 0.717) is 23.2 Å². The van der Waals surface area contributed by atoms with Crippen molar-refractivity contribution in [2.45, 2.75) is 13.0 Å². The summed E-state index contributed by atoms with van der Waals surface area (Å²) in [4.78, 5) is 11.8. The van der Waals surface area contributed by atoms with Crippen molar-refractivity contribution >= 4 is 29.3 Å². The molecule has 1 rings (SSSR count). The van der Waals surface area contributed by atoms with E-state index in [-0.39, 0.29) is 11.9 Å². The molecule has 1 aromatic rings. The van der Waals surface area contributed by atoms with E-state index in [0.717, 1.165) is 5.56 Å². The lowest BCUT2D eigenvalue weighted by atomic mass is 10.1. The summed E-state index contributed by atoms with van der Waals surface area (Å²) in [6, 6.07) is 5.44. The molecule has 0 saturated heterocycles. The zero-order valence-corrected chi connectivity index (χ0v) is 15.0. The van der Waals surface area contributed by atoms with Gasteiger partial charge in [0.2, 0.25) is 0 Å². The molecule has 132 valence electrons. The largest absolute Gasteiger partial charge is 0.493 e. The quantitative estimate of drug-likeness (QED) is 0.387. The molecule has 7 nitrogen and oxygen atoms in total. The molecule has 0 saturated carbocycles. The maximum Gasteiger partial charge on any atom is 0.262 e. The summed E-state index contributed by atoms with van der Waals surface area (Å²) in [6.45, 7) is 2.42. The molecular weight excluding hydrogens is 330 g/mol. The van der Waals surface area contributed by atoms with Gasteiger partial charge >= 0.3 is 0 Å². The molecule has 0 aliphatic heterocycles. The molecule has 0 heterocycles. The summed E-state index contributed by atoms with van der Waals surface area (Å²) in [5, 5.41) is 3.27. The molecule has 1 aromatic carbocycles. The third kappa shape index (κ3) is 6.43. The Hall–Kier alpha value is -2.32. The van der Waals surface area contributed by atoms with Crippen LogP contribution in [0.4, 0.5) is 0 Å². The number of thiocarbonyl (C=S) groups is 1. The highest BCUT2D eigenvalue weighted by molar-refractivity contribution is 7.80. The predicted molar refractivity (Wildman–Crippen MR) is 96.9 cm³/mol. The second-order valence-corrected chi connectivity index (χ2v) is 5.27. The van der Waals surface area contributed by atoms with Gasteiger partial charge in [0, 0.05) is 24.8 Å². The molecule has 0 aromatic heterocycles. The third-order valence-electron chi connectivity index (χ3n) is 2.94. The highest BCUT2D eigenvalue weighted by Crippen LogP contribution is 2.31. The summed E-state index contributed by atoms with van der Waals surface area (Å²) in [5.74, 6) is 0.793. The maximum atomic E-state index is 11.8. The van der Waals surface area contributed by atoms with Crippen LogP contribution in [0, 0.1) is 0 Å². The highest BCUT2D eigenvalue weighted by Gasteiger charge is 2.07. The van der Waals surface area contributed by atoms with Crippen LogP contribution in [-0.2, 0) is 9.53 Å². The van der Waals surface area contributed by atoms with Crippen LogP contribution in [0.25, 0.3) is 6.08 Å². The Bertz CT molecular complexity index is 593. The van der Waals surface area contributed by atoms with Gasteiger partial charge in [0.15, 0.2) is 16.6 Å². The summed E-state index contributed by atoms with van der Waals surface area (Å²) in [7, 11) is 4.71. The molecule has 8 heteroatoms. The Morgan fingerprint density at radius 1 is 1.25 bits per heavy atom. The van der Waals surface area contributed by atoms with Crippen molar-refractivity contribution < 1.29 is 19.0 Å². The smallest absolute Gasteiger partial charge is 0.262 e. The molecule has 0 spiro atoms. The molecule has 24 heavy (non-hydrogen) atoms. The minimum atomic E-state index is -0.358. The number of rotatable bonds is 7. The summed E-state index contributed by atoms with van der Waals surface area (Å²) >= 11 is 5.06. The van der Waals surface area contributed by atoms with E-state index < -0.39 is 0 Å². The Balaban J connectivity index is 2.56. The molecule has 1 amide bonds. The lowest BCUT2D eigenvalue weighted by Crippen LogP contribution is -2.49. The van der Waals surface area contributed by atoms with Crippen molar-refractivity contribution in [2.75, 3.05) is 27.9 Å². The number of para-hydroxylation sites is 1. The zero-order valence-electron chi connectivity index (χ0n) is 14.2. The van der Waals surface area contributed by atoms with E-state index in [4.69, 9.17) is 26.4 Å². The summed E-state index contributed by atoms with van der Waals surface area (Å²) < 4.78 is 15.5. The van der Waals surface area contributed by atoms with Gasteiger partial charge < -0.3 is 19.5 Å². The predicted octanol–water partition coefficient (Wildman–Crippen LogP) is 1.25. The number of hydrogen-bond donors (Lipinski definition) is 3. The lowest BCUT2D eigenvalue weighted by molar-refractivity contribution is -0.116. The first-order chi connectivity index (χ1) is 11.5. The number of hydrazine groups is 1. The van der Waals surface area contributed by atoms with Gasteiger partial charge in [-0.15, -0.1) is 0 Å². The molecule has 0 fully saturated rings. The number of methoxy groups -OCH3 is 3. The first-order valence-electron chi connectivity index (χ1n) is 7.26. The van der Waals surface area contributed by atoms with Crippen molar-refractivity contribution in [2.24, 2.45) is 0 Å². The van der Waals surface area contributed by atoms with Gasteiger partial charge in [0.05, 0.1) is 20.8 Å². The molecule has 0 bridgehead atoms. The SMILES string of the molecule is COC[C@@H](C)NC(=S)NNC(=O)/C=C/c1cccc(OC)c1OC. The fourth-order valence-electron chi connectivity index (χ4n) is 1.92. The van der Waals surface area contributed by atoms with Gasteiger partial charge in [-0.05, 0) is 31.3 Å². The van der Waals surface area contributed by atoms with Crippen molar-refractivity contribution in [3.63, 3.8) is 0 Å². The topological polar surface area (TPSA) is 80.9 Å². The molecule has 0 aliphatic rings. The molecule has 3 N–H and O–H groups in total. The van der Waals surface area contributed by atoms with Crippen molar-refractivity contribution in [3.05, 3.63) is 29.8 Å². The Labute approximate surface area is 147 Å². The standard InChI is InChI=1S/C16H23N3O4S/c1-11(10-21-2)17-16(24)19-18-14(20)9-8-12-6-5-7-13(22-3)15(12)23-4/h5-9,11H,10H2,1-4H3,(H,18,20)(H2,17,19,24)/b9-8+/t11-/m1/s1. The number of nitrogens with one attached hydrogen (secondary N) is 3. The van der Waals surface area contributed by atoms with E-state index in [2.05, 4.69) is 16.2 Å². The first kappa shape index (κ1) is 19.7. The van der Waals surface area contributed by atoms with Gasteiger partial charge in [-0.1, -0.05) is 12.1 Å². The number of ether oxygens (including phenoxy) is 3. The van der Waals surface area contributed by atoms with Crippen LogP contribution in [0.3, 0.4) is 0 Å². The monoisotopic (exact) mass is 353 g/mol. The molecule has 0 unspecified atom stereocenters. The molecule has 0 radical (unpaired) electrons. The van der Waals surface area contributed by atoms with Gasteiger partial charge in [-0.2, -0.15) is 0 Å². The average molecular weight is 353 g/mol. The highest BCUT2D eigenvalue weighted by atomic mass is 32.1. The number of hydrogen-bond acceptors (Lipinski definition) is 5. The van der Waals surface area contributed by atoms with Gasteiger partial charge in [-0.3, -0.25) is 15.6 Å². The van der Waals surface area contributed by atoms with Gasteiger partial charge in [0.25, 0.3) is 5.91 Å². The Kier molecular flexibility index (Phi) is 8.59. The van der Waals surface area contributed by atoms with Crippen LogP contribution in [0.5, 0.6) is 11.5 Å². The minimum Gasteiger partial charge on any atom is -0.493 e. The van der Waals surface area contributed by atoms with Gasteiger partial charge in [0.1, 0.15) is 0 Å². The normalized spacial score (nSPS) is 11.7. The van der Waals surface area contributed by atoms with Crippen LogP contribution in [0.15, 0.2) is 24.3 Å². The average Bonchev–Trinajstić information content (AvgIpc) is 2.57. The van der Waals surface area contributed by atoms with E-state index in [1.54, 1.807) is 33.5 Å². The van der Waals surface area contributed by atoms with Crippen molar-refractivity contribution in [1.82, 2.24) is 16.2 Å². The number of benzene rings is 1. The number of amides is 1. The molecular formula is C16H23N3O4S. The van der Waals surface area contributed by atoms with E-state index in [9.17, 15) is 4.79 Å². The molecule has 1 atom stereocenters. The van der Waals surface area contributed by atoms with Gasteiger partial charge in [-0.25, -0.2) is 0 Å². The maximum absolute atomic E-state index is 11.8. The molecule has 0 aliphatic carbocycles. The summed E-state index contributed by atoms with van der Waals surface area (Å²) in [6.07, 6.45) is 2.99. The van der Waals surface area contributed by atoms with Crippen LogP contribution >= 0.6 is 12.2 Å². The van der Waals surface area contributed by atoms with E-state index in [1.807, 2.05) is 19.1 Å². The first-order valence-corrected chi connectivity index (χ1v) is 7.67. The van der Waals surface area contributed by atoms with Crippen molar-refractivity contribution in [3.8, 4) is 11.5 Å². The fourth-order valence-corrected chi connectivity index (χ4v) is 2.17. The fraction of sp³-hybridized carbons (Fsp3) is 0.375. The minimum absolute atomic E-state index is 0.0310. The van der Waals surface area contributed by atoms with Crippen LogP contribution in [-0.4, -0.2) is 45.0 Å². The van der Waals surface area contributed by atoms with E-state index in [1.165, 1.54) is 6.08 Å². The Morgan fingerprint density at radius 2 is 2.00 bits per heavy atom. The summed E-state index contributed by atoms with van der Waals surface area (Å²) in [5.41, 5.74) is 5.81. The second kappa shape index (κ2) is 10.5. The third-order valence-corrected chi connectivity index (χ3v) is 3.16. The zero-order chi connectivity index (χ0) is 17.9. The second-order valence-electron chi connectivity index (χ2n) is 4.86. The number of carbonyl (C=O) groups excluding carboxylic acids is 1. The van der Waals surface area contributed by atoms with Crippen LogP contribution < -0.4 is 25.6 Å². The van der Waals surface area contributed by atoms with Crippen LogP contribution in [0.1, 0.15) is 12.5 Å². The van der Waals surface area contributed by atoms with Crippen molar-refractivity contribution in [1.29, 1.82) is 0 Å². The van der Waals surface area contributed by atoms with E-state index >= 15 is 0 Å². The van der Waals surface area contributed by atoms with Crippen LogP contribution in [0.2, 0.25) is 0 Å². The number of carbonyl (C=O) groups is 1. The Morgan fingerprint density at radius 3 is 2.62 bits per heavy atom. The lowest BCUT2D eigenvalue weighted by Gasteiger charge is -2.16.